The molecule has 1 aromatic heterocycles. The van der Waals surface area contributed by atoms with E-state index in [-0.39, 0.29) is 5.82 Å². The molecule has 128 valence electrons. The Morgan fingerprint density at radius 2 is 2.12 bits per heavy atom. The molecule has 2 aliphatic heterocycles. The molecule has 0 bridgehead atoms. The molecular formula is C18H23FN4S. The van der Waals surface area contributed by atoms with Gasteiger partial charge >= 0.3 is 0 Å². The van der Waals surface area contributed by atoms with Crippen molar-refractivity contribution in [3.05, 3.63) is 48.3 Å². The highest BCUT2D eigenvalue weighted by Crippen LogP contribution is 2.37. The summed E-state index contributed by atoms with van der Waals surface area (Å²) in [6.07, 6.45) is 11.2. The van der Waals surface area contributed by atoms with Gasteiger partial charge in [0.1, 0.15) is 5.82 Å². The second-order valence-electron chi connectivity index (χ2n) is 6.61. The predicted molar refractivity (Wildman–Crippen MR) is 94.3 cm³/mol. The maximum Gasteiger partial charge on any atom is 0.124 e. The average Bonchev–Trinajstić information content (AvgIpc) is 3.32. The van der Waals surface area contributed by atoms with Gasteiger partial charge in [-0.1, -0.05) is 0 Å². The van der Waals surface area contributed by atoms with E-state index in [1.54, 1.807) is 23.9 Å². The normalized spacial score (nSPS) is 25.6. The third kappa shape index (κ3) is 3.10. The van der Waals surface area contributed by atoms with E-state index in [1.165, 1.54) is 6.42 Å². The van der Waals surface area contributed by atoms with Crippen molar-refractivity contribution in [2.24, 2.45) is 0 Å². The molecule has 6 heteroatoms. The van der Waals surface area contributed by atoms with E-state index in [0.717, 1.165) is 42.9 Å². The van der Waals surface area contributed by atoms with Crippen molar-refractivity contribution in [2.45, 2.75) is 36.2 Å². The molecule has 2 aromatic rings. The van der Waals surface area contributed by atoms with E-state index in [2.05, 4.69) is 25.6 Å². The van der Waals surface area contributed by atoms with Gasteiger partial charge in [0.05, 0.1) is 6.33 Å². The Balaban J connectivity index is 1.52. The Bertz CT molecular complexity index is 690. The Morgan fingerprint density at radius 3 is 2.92 bits per heavy atom. The van der Waals surface area contributed by atoms with Gasteiger partial charge in [-0.15, -0.1) is 11.8 Å². The van der Waals surface area contributed by atoms with Crippen molar-refractivity contribution in [1.29, 1.82) is 0 Å². The van der Waals surface area contributed by atoms with Crippen molar-refractivity contribution in [3.63, 3.8) is 0 Å². The molecule has 0 N–H and O–H groups in total. The number of hydrazine groups is 1. The highest BCUT2D eigenvalue weighted by atomic mass is 32.2. The molecule has 0 radical (unpaired) electrons. The molecule has 0 spiro atoms. The lowest BCUT2D eigenvalue weighted by Crippen LogP contribution is -2.40. The Kier molecular flexibility index (Phi) is 4.61. The first-order valence-corrected chi connectivity index (χ1v) is 9.80. The lowest BCUT2D eigenvalue weighted by atomic mass is 10.1. The first kappa shape index (κ1) is 16.1. The summed E-state index contributed by atoms with van der Waals surface area (Å²) in [6.45, 7) is 3.13. The summed E-state index contributed by atoms with van der Waals surface area (Å²) in [6, 6.07) is 6.28. The summed E-state index contributed by atoms with van der Waals surface area (Å²) >= 11 is 1.61. The number of imidazole rings is 1. The minimum atomic E-state index is -0.124. The number of nitrogens with zero attached hydrogens (tertiary/aromatic N) is 4. The fourth-order valence-electron chi connectivity index (χ4n) is 4.01. The van der Waals surface area contributed by atoms with Gasteiger partial charge in [-0.2, -0.15) is 0 Å². The smallest absolute Gasteiger partial charge is 0.124 e. The van der Waals surface area contributed by atoms with Crippen LogP contribution in [0.15, 0.2) is 41.8 Å². The van der Waals surface area contributed by atoms with Crippen LogP contribution in [0.5, 0.6) is 0 Å². The standard InChI is InChI=1S/C18H23FN4S/c1-24-17-10-14(9-15(19)11-17)18-3-2-6-23(18)22-7-4-16(12-22)21-8-5-20-13-21/h5,8-11,13,16,18H,2-4,6-7,12H2,1H3/t16-,18+/m0/s1. The summed E-state index contributed by atoms with van der Waals surface area (Å²) in [5.74, 6) is -0.124. The Hall–Kier alpha value is -1.37. The fourth-order valence-corrected chi connectivity index (χ4v) is 4.49. The maximum atomic E-state index is 14.0. The fraction of sp³-hybridized carbons (Fsp3) is 0.500. The van der Waals surface area contributed by atoms with Crippen LogP contribution in [0, 0.1) is 5.82 Å². The number of aromatic nitrogens is 2. The first-order chi connectivity index (χ1) is 11.7. The summed E-state index contributed by atoms with van der Waals surface area (Å²) in [5.41, 5.74) is 1.11. The third-order valence-electron chi connectivity index (χ3n) is 5.19. The summed E-state index contributed by atoms with van der Waals surface area (Å²) < 4.78 is 16.2. The summed E-state index contributed by atoms with van der Waals surface area (Å²) in [7, 11) is 0. The van der Waals surface area contributed by atoms with Gasteiger partial charge in [0.15, 0.2) is 0 Å². The summed E-state index contributed by atoms with van der Waals surface area (Å²) in [4.78, 5) is 5.18. The van der Waals surface area contributed by atoms with E-state index < -0.39 is 0 Å². The van der Waals surface area contributed by atoms with Gasteiger partial charge in [0, 0.05) is 49.0 Å². The number of benzene rings is 1. The molecule has 2 fully saturated rings. The van der Waals surface area contributed by atoms with Crippen LogP contribution < -0.4 is 0 Å². The van der Waals surface area contributed by atoms with Crippen LogP contribution in [0.25, 0.3) is 0 Å². The van der Waals surface area contributed by atoms with Crippen LogP contribution >= 0.6 is 11.8 Å². The molecule has 4 rings (SSSR count). The average molecular weight is 346 g/mol. The molecular weight excluding hydrogens is 323 g/mol. The number of halogens is 1. The molecule has 0 saturated carbocycles. The van der Waals surface area contributed by atoms with E-state index in [1.807, 2.05) is 25.0 Å². The van der Waals surface area contributed by atoms with Gasteiger partial charge in [0.25, 0.3) is 0 Å². The molecule has 3 heterocycles. The monoisotopic (exact) mass is 346 g/mol. The molecule has 2 saturated heterocycles. The molecule has 24 heavy (non-hydrogen) atoms. The van der Waals surface area contributed by atoms with Crippen molar-refractivity contribution >= 4 is 11.8 Å². The SMILES string of the molecule is CSc1cc(F)cc([C@H]2CCCN2N2CC[C@H](n3ccnc3)C2)c1. The van der Waals surface area contributed by atoms with Gasteiger partial charge in [-0.25, -0.2) is 19.4 Å². The maximum absolute atomic E-state index is 14.0. The third-order valence-corrected chi connectivity index (χ3v) is 5.90. The number of hydrogen-bond donors (Lipinski definition) is 0. The highest BCUT2D eigenvalue weighted by Gasteiger charge is 2.35. The van der Waals surface area contributed by atoms with Crippen LogP contribution in [0.3, 0.4) is 0 Å². The van der Waals surface area contributed by atoms with Crippen molar-refractivity contribution in [1.82, 2.24) is 19.6 Å². The topological polar surface area (TPSA) is 24.3 Å². The second kappa shape index (κ2) is 6.86. The lowest BCUT2D eigenvalue weighted by Gasteiger charge is -2.34. The molecule has 1 aromatic carbocycles. The predicted octanol–water partition coefficient (Wildman–Crippen LogP) is 3.74. The largest absolute Gasteiger partial charge is 0.333 e. The van der Waals surface area contributed by atoms with Gasteiger partial charge in [-0.05, 0) is 49.3 Å². The highest BCUT2D eigenvalue weighted by molar-refractivity contribution is 7.98. The Labute approximate surface area is 146 Å². The molecule has 2 aliphatic rings. The number of hydrogen-bond acceptors (Lipinski definition) is 4. The van der Waals surface area contributed by atoms with Gasteiger partial charge < -0.3 is 4.57 Å². The summed E-state index contributed by atoms with van der Waals surface area (Å²) in [5, 5.41) is 4.93. The van der Waals surface area contributed by atoms with E-state index in [4.69, 9.17) is 0 Å². The van der Waals surface area contributed by atoms with Crippen LogP contribution in [-0.4, -0.2) is 45.5 Å². The van der Waals surface area contributed by atoms with Crippen LogP contribution in [0.4, 0.5) is 4.39 Å². The van der Waals surface area contributed by atoms with Gasteiger partial charge in [0.2, 0.25) is 0 Å². The first-order valence-electron chi connectivity index (χ1n) is 8.58. The number of rotatable bonds is 4. The Morgan fingerprint density at radius 1 is 1.21 bits per heavy atom. The van der Waals surface area contributed by atoms with Crippen LogP contribution in [-0.2, 0) is 0 Å². The lowest BCUT2D eigenvalue weighted by molar-refractivity contribution is -0.0194. The van der Waals surface area contributed by atoms with Crippen LogP contribution in [0.1, 0.15) is 36.9 Å². The second-order valence-corrected chi connectivity index (χ2v) is 7.49. The molecule has 2 atom stereocenters. The van der Waals surface area contributed by atoms with Crippen LogP contribution in [0.2, 0.25) is 0 Å². The zero-order valence-corrected chi connectivity index (χ0v) is 14.8. The zero-order valence-electron chi connectivity index (χ0n) is 13.9. The van der Waals surface area contributed by atoms with Crippen molar-refractivity contribution < 1.29 is 4.39 Å². The van der Waals surface area contributed by atoms with E-state index >= 15 is 0 Å². The quantitative estimate of drug-likeness (QED) is 0.787. The van der Waals surface area contributed by atoms with Crippen molar-refractivity contribution in [3.8, 4) is 0 Å². The molecule has 0 amide bonds. The van der Waals surface area contributed by atoms with E-state index in [0.29, 0.717) is 12.1 Å². The minimum Gasteiger partial charge on any atom is -0.333 e. The van der Waals surface area contributed by atoms with E-state index in [9.17, 15) is 4.39 Å². The molecule has 4 nitrogen and oxygen atoms in total. The molecule has 0 aliphatic carbocycles. The minimum absolute atomic E-state index is 0.124. The number of thioether (sulfide) groups is 1. The van der Waals surface area contributed by atoms with Crippen molar-refractivity contribution in [2.75, 3.05) is 25.9 Å². The van der Waals surface area contributed by atoms with Gasteiger partial charge in [-0.3, -0.25) is 0 Å². The molecule has 0 unspecified atom stereocenters. The zero-order chi connectivity index (χ0) is 16.5.